The van der Waals surface area contributed by atoms with Gasteiger partial charge in [-0.3, -0.25) is 4.90 Å². The van der Waals surface area contributed by atoms with Gasteiger partial charge in [-0.25, -0.2) is 0 Å². The molecular weight excluding hydrogens is 186 g/mol. The predicted octanol–water partition coefficient (Wildman–Crippen LogP) is 0.718. The van der Waals surface area contributed by atoms with E-state index in [1.165, 1.54) is 58.8 Å². The molecule has 0 saturated carbocycles. The largest absolute Gasteiger partial charge is 0.302 e. The van der Waals surface area contributed by atoms with Gasteiger partial charge in [-0.1, -0.05) is 13.8 Å². The van der Waals surface area contributed by atoms with Gasteiger partial charge < -0.3 is 9.80 Å². The van der Waals surface area contributed by atoms with Crippen LogP contribution < -0.4 is 0 Å². The van der Waals surface area contributed by atoms with Crippen molar-refractivity contribution in [1.29, 1.82) is 0 Å². The third-order valence-electron chi connectivity index (χ3n) is 4.07. The molecule has 3 nitrogen and oxygen atoms in total. The molecule has 0 unspecified atom stereocenters. The minimum atomic E-state index is 0.851. The lowest BCUT2D eigenvalue weighted by molar-refractivity contribution is 0.101. The highest BCUT2D eigenvalue weighted by molar-refractivity contribution is 4.85. The fourth-order valence-electron chi connectivity index (χ4n) is 2.84. The van der Waals surface area contributed by atoms with Crippen LogP contribution in [0.3, 0.4) is 0 Å². The first-order chi connectivity index (χ1) is 7.33. The van der Waals surface area contributed by atoms with Gasteiger partial charge in [0, 0.05) is 38.8 Å². The van der Waals surface area contributed by atoms with Crippen LogP contribution in [0.5, 0.6) is 0 Å². The van der Waals surface area contributed by atoms with E-state index in [1.54, 1.807) is 0 Å². The average molecular weight is 211 g/mol. The fraction of sp³-hybridized carbons (Fsp3) is 1.00. The molecule has 0 aromatic rings. The van der Waals surface area contributed by atoms with Crippen LogP contribution in [0.4, 0.5) is 0 Å². The SMILES string of the molecule is CCN1CCN([C@H]2CCN(CC)C2)CC1. The van der Waals surface area contributed by atoms with Crippen LogP contribution in [0, 0.1) is 0 Å². The zero-order chi connectivity index (χ0) is 10.7. The summed E-state index contributed by atoms with van der Waals surface area (Å²) >= 11 is 0. The third kappa shape index (κ3) is 2.71. The van der Waals surface area contributed by atoms with E-state index >= 15 is 0 Å². The Labute approximate surface area is 94.0 Å². The molecule has 0 amide bonds. The quantitative estimate of drug-likeness (QED) is 0.681. The number of hydrogen-bond acceptors (Lipinski definition) is 3. The van der Waals surface area contributed by atoms with E-state index in [0.29, 0.717) is 0 Å². The topological polar surface area (TPSA) is 9.72 Å². The Morgan fingerprint density at radius 2 is 1.53 bits per heavy atom. The number of nitrogens with zero attached hydrogens (tertiary/aromatic N) is 3. The van der Waals surface area contributed by atoms with E-state index in [0.717, 1.165) is 6.04 Å². The molecule has 2 rings (SSSR count). The summed E-state index contributed by atoms with van der Waals surface area (Å²) in [6, 6.07) is 0.851. The van der Waals surface area contributed by atoms with E-state index in [4.69, 9.17) is 0 Å². The standard InChI is InChI=1S/C12H25N3/c1-3-13-7-9-15(10-8-13)12-5-6-14(4-2)11-12/h12H,3-11H2,1-2H3/t12-/m0/s1. The van der Waals surface area contributed by atoms with Crippen molar-refractivity contribution in [3.8, 4) is 0 Å². The minimum absolute atomic E-state index is 0.851. The molecular formula is C12H25N3. The van der Waals surface area contributed by atoms with E-state index < -0.39 is 0 Å². The van der Waals surface area contributed by atoms with Gasteiger partial charge in [-0.15, -0.1) is 0 Å². The molecule has 3 heteroatoms. The molecule has 0 spiro atoms. The van der Waals surface area contributed by atoms with Gasteiger partial charge in [0.25, 0.3) is 0 Å². The summed E-state index contributed by atoms with van der Waals surface area (Å²) in [6.07, 6.45) is 1.39. The highest BCUT2D eigenvalue weighted by Gasteiger charge is 2.28. The highest BCUT2D eigenvalue weighted by Crippen LogP contribution is 2.16. The first kappa shape index (κ1) is 11.4. The molecule has 0 aromatic heterocycles. The van der Waals surface area contributed by atoms with Crippen LogP contribution in [0.15, 0.2) is 0 Å². The molecule has 15 heavy (non-hydrogen) atoms. The van der Waals surface area contributed by atoms with Crippen molar-refractivity contribution >= 4 is 0 Å². The number of rotatable bonds is 3. The first-order valence-electron chi connectivity index (χ1n) is 6.52. The summed E-state index contributed by atoms with van der Waals surface area (Å²) in [5, 5.41) is 0. The summed E-state index contributed by atoms with van der Waals surface area (Å²) in [5.41, 5.74) is 0. The second-order valence-electron chi connectivity index (χ2n) is 4.81. The normalized spacial score (nSPS) is 31.2. The second kappa shape index (κ2) is 5.28. The minimum Gasteiger partial charge on any atom is -0.302 e. The van der Waals surface area contributed by atoms with Crippen LogP contribution in [0.1, 0.15) is 20.3 Å². The monoisotopic (exact) mass is 211 g/mol. The summed E-state index contributed by atoms with van der Waals surface area (Å²) in [5.74, 6) is 0. The van der Waals surface area contributed by atoms with Crippen molar-refractivity contribution < 1.29 is 0 Å². The average Bonchev–Trinajstić information content (AvgIpc) is 2.78. The van der Waals surface area contributed by atoms with Gasteiger partial charge in [0.1, 0.15) is 0 Å². The lowest BCUT2D eigenvalue weighted by atomic mass is 10.2. The van der Waals surface area contributed by atoms with Crippen LogP contribution in [-0.2, 0) is 0 Å². The smallest absolute Gasteiger partial charge is 0.0236 e. The second-order valence-corrected chi connectivity index (χ2v) is 4.81. The summed E-state index contributed by atoms with van der Waals surface area (Å²) < 4.78 is 0. The molecule has 0 radical (unpaired) electrons. The predicted molar refractivity (Wildman–Crippen MR) is 64.2 cm³/mol. The Morgan fingerprint density at radius 3 is 2.07 bits per heavy atom. The molecule has 1 atom stereocenters. The number of piperazine rings is 1. The van der Waals surface area contributed by atoms with Gasteiger partial charge in [0.15, 0.2) is 0 Å². The molecule has 0 N–H and O–H groups in total. The van der Waals surface area contributed by atoms with Gasteiger partial charge in [-0.2, -0.15) is 0 Å². The molecule has 2 saturated heterocycles. The molecule has 0 aliphatic carbocycles. The molecule has 0 aromatic carbocycles. The zero-order valence-electron chi connectivity index (χ0n) is 10.3. The van der Waals surface area contributed by atoms with Gasteiger partial charge >= 0.3 is 0 Å². The number of likely N-dealkylation sites (N-methyl/N-ethyl adjacent to an activating group) is 2. The van der Waals surface area contributed by atoms with E-state index in [9.17, 15) is 0 Å². The highest BCUT2D eigenvalue weighted by atomic mass is 15.3. The van der Waals surface area contributed by atoms with Crippen molar-refractivity contribution in [1.82, 2.24) is 14.7 Å². The fourth-order valence-corrected chi connectivity index (χ4v) is 2.84. The lowest BCUT2D eigenvalue weighted by Gasteiger charge is -2.37. The molecule has 2 aliphatic rings. The van der Waals surface area contributed by atoms with Gasteiger partial charge in [-0.05, 0) is 26.1 Å². The van der Waals surface area contributed by atoms with Crippen molar-refractivity contribution in [3.05, 3.63) is 0 Å². The number of hydrogen-bond donors (Lipinski definition) is 0. The van der Waals surface area contributed by atoms with E-state index in [1.807, 2.05) is 0 Å². The van der Waals surface area contributed by atoms with Crippen LogP contribution in [-0.4, -0.2) is 73.1 Å². The van der Waals surface area contributed by atoms with Crippen molar-refractivity contribution in [2.24, 2.45) is 0 Å². The Bertz CT molecular complexity index is 187. The molecule has 2 fully saturated rings. The van der Waals surface area contributed by atoms with Crippen LogP contribution in [0.25, 0.3) is 0 Å². The van der Waals surface area contributed by atoms with Crippen molar-refractivity contribution in [2.45, 2.75) is 26.3 Å². The summed E-state index contributed by atoms with van der Waals surface area (Å²) in [7, 11) is 0. The first-order valence-corrected chi connectivity index (χ1v) is 6.52. The van der Waals surface area contributed by atoms with Crippen LogP contribution >= 0.6 is 0 Å². The van der Waals surface area contributed by atoms with Crippen LogP contribution in [0.2, 0.25) is 0 Å². The van der Waals surface area contributed by atoms with Gasteiger partial charge in [0.05, 0.1) is 0 Å². The molecule has 2 aliphatic heterocycles. The van der Waals surface area contributed by atoms with E-state index in [2.05, 4.69) is 28.5 Å². The Morgan fingerprint density at radius 1 is 0.867 bits per heavy atom. The Hall–Kier alpha value is -0.120. The van der Waals surface area contributed by atoms with Crippen molar-refractivity contribution in [3.63, 3.8) is 0 Å². The number of likely N-dealkylation sites (tertiary alicyclic amines) is 1. The summed E-state index contributed by atoms with van der Waals surface area (Å²) in [6.45, 7) is 14.7. The van der Waals surface area contributed by atoms with E-state index in [-0.39, 0.29) is 0 Å². The maximum atomic E-state index is 2.71. The zero-order valence-corrected chi connectivity index (χ0v) is 10.3. The van der Waals surface area contributed by atoms with Crippen molar-refractivity contribution in [2.75, 3.05) is 52.4 Å². The maximum Gasteiger partial charge on any atom is 0.0236 e. The third-order valence-corrected chi connectivity index (χ3v) is 4.07. The Kier molecular flexibility index (Phi) is 4.00. The Balaban J connectivity index is 1.76. The maximum absolute atomic E-state index is 2.71. The summed E-state index contributed by atoms with van der Waals surface area (Å²) in [4.78, 5) is 7.85. The molecule has 88 valence electrons. The molecule has 2 heterocycles. The lowest BCUT2D eigenvalue weighted by Crippen LogP contribution is -2.50. The van der Waals surface area contributed by atoms with Gasteiger partial charge in [0.2, 0.25) is 0 Å². The molecule has 0 bridgehead atoms.